The molecule has 1 heterocycles. The topological polar surface area (TPSA) is 57.0 Å². The summed E-state index contributed by atoms with van der Waals surface area (Å²) in [7, 11) is 0. The molecule has 0 saturated heterocycles. The van der Waals surface area contributed by atoms with Gasteiger partial charge in [-0.2, -0.15) is 8.78 Å². The van der Waals surface area contributed by atoms with Crippen LogP contribution in [0, 0.1) is 13.8 Å². The summed E-state index contributed by atoms with van der Waals surface area (Å²) < 4.78 is 31.4. The maximum Gasteiger partial charge on any atom is 0.387 e. The van der Waals surface area contributed by atoms with Crippen molar-refractivity contribution < 1.29 is 18.3 Å². The normalized spacial score (nSPS) is 11.0. The quantitative estimate of drug-likeness (QED) is 0.441. The second-order valence-corrected chi connectivity index (χ2v) is 6.80. The standard InChI is InChI=1S/C19H17F2N3O2S/c1-12-7-8-17(26-18(20)21)14(9-12)16(25)10-27-19-23-22-11-24(19)15-6-4-3-5-13(15)2/h3-9,11,18H,10H2,1-2H3. The molecule has 0 radical (unpaired) electrons. The summed E-state index contributed by atoms with van der Waals surface area (Å²) in [5.41, 5.74) is 2.87. The molecular weight excluding hydrogens is 372 g/mol. The number of rotatable bonds is 7. The first-order chi connectivity index (χ1) is 13.0. The molecule has 1 aromatic heterocycles. The number of Topliss-reactive ketones (excluding diaryl/α,β-unsaturated/α-hetero) is 1. The lowest BCUT2D eigenvalue weighted by molar-refractivity contribution is -0.0501. The highest BCUT2D eigenvalue weighted by atomic mass is 32.2. The molecule has 3 aromatic rings. The highest BCUT2D eigenvalue weighted by Gasteiger charge is 2.18. The third kappa shape index (κ3) is 4.51. The van der Waals surface area contributed by atoms with E-state index in [1.165, 1.54) is 17.8 Å². The Hall–Kier alpha value is -2.74. The van der Waals surface area contributed by atoms with Gasteiger partial charge in [-0.3, -0.25) is 9.36 Å². The van der Waals surface area contributed by atoms with Crippen LogP contribution in [0.15, 0.2) is 53.9 Å². The van der Waals surface area contributed by atoms with Crippen LogP contribution in [-0.4, -0.2) is 32.9 Å². The average molecular weight is 389 g/mol. The van der Waals surface area contributed by atoms with E-state index in [4.69, 9.17) is 0 Å². The molecule has 0 aliphatic rings. The second-order valence-electron chi connectivity index (χ2n) is 5.86. The monoisotopic (exact) mass is 389 g/mol. The minimum Gasteiger partial charge on any atom is -0.434 e. The number of alkyl halides is 2. The highest BCUT2D eigenvalue weighted by molar-refractivity contribution is 7.99. The third-order valence-electron chi connectivity index (χ3n) is 3.88. The predicted molar refractivity (Wildman–Crippen MR) is 99.0 cm³/mol. The summed E-state index contributed by atoms with van der Waals surface area (Å²) >= 11 is 1.19. The van der Waals surface area contributed by atoms with Crippen molar-refractivity contribution in [2.45, 2.75) is 25.6 Å². The van der Waals surface area contributed by atoms with E-state index in [9.17, 15) is 13.6 Å². The molecule has 3 rings (SSSR count). The van der Waals surface area contributed by atoms with Gasteiger partial charge in [0.1, 0.15) is 12.1 Å². The van der Waals surface area contributed by atoms with Crippen molar-refractivity contribution in [3.63, 3.8) is 0 Å². The molecule has 0 atom stereocenters. The molecule has 2 aromatic carbocycles. The van der Waals surface area contributed by atoms with Crippen LogP contribution in [0.5, 0.6) is 5.75 Å². The van der Waals surface area contributed by atoms with E-state index in [2.05, 4.69) is 14.9 Å². The lowest BCUT2D eigenvalue weighted by Crippen LogP contribution is -2.10. The summed E-state index contributed by atoms with van der Waals surface area (Å²) in [6.07, 6.45) is 1.58. The number of para-hydroxylation sites is 1. The zero-order valence-electron chi connectivity index (χ0n) is 14.7. The molecule has 0 N–H and O–H groups in total. The van der Waals surface area contributed by atoms with Crippen molar-refractivity contribution in [3.05, 3.63) is 65.5 Å². The van der Waals surface area contributed by atoms with Gasteiger partial charge in [0, 0.05) is 0 Å². The van der Waals surface area contributed by atoms with Crippen molar-refractivity contribution >= 4 is 17.5 Å². The molecule has 0 amide bonds. The number of ketones is 1. The van der Waals surface area contributed by atoms with Crippen LogP contribution in [0.2, 0.25) is 0 Å². The molecule has 0 unspecified atom stereocenters. The Morgan fingerprint density at radius 3 is 2.74 bits per heavy atom. The Morgan fingerprint density at radius 1 is 1.22 bits per heavy atom. The molecular formula is C19H17F2N3O2S. The minimum atomic E-state index is -2.99. The highest BCUT2D eigenvalue weighted by Crippen LogP contribution is 2.26. The Kier molecular flexibility index (Phi) is 5.85. The summed E-state index contributed by atoms with van der Waals surface area (Å²) in [4.78, 5) is 12.6. The number of hydrogen-bond donors (Lipinski definition) is 0. The van der Waals surface area contributed by atoms with Crippen molar-refractivity contribution in [1.82, 2.24) is 14.8 Å². The molecule has 140 valence electrons. The summed E-state index contributed by atoms with van der Waals surface area (Å²) in [5.74, 6) is -0.423. The van der Waals surface area contributed by atoms with Gasteiger partial charge in [-0.25, -0.2) is 0 Å². The number of benzene rings is 2. The van der Waals surface area contributed by atoms with E-state index < -0.39 is 6.61 Å². The lowest BCUT2D eigenvalue weighted by atomic mass is 10.1. The van der Waals surface area contributed by atoms with Crippen molar-refractivity contribution in [2.24, 2.45) is 0 Å². The Balaban J connectivity index is 1.79. The number of thioether (sulfide) groups is 1. The van der Waals surface area contributed by atoms with Gasteiger partial charge in [-0.1, -0.05) is 41.6 Å². The number of halogens is 2. The van der Waals surface area contributed by atoms with E-state index in [0.29, 0.717) is 5.16 Å². The predicted octanol–water partition coefficient (Wildman–Crippen LogP) is 4.46. The molecule has 0 aliphatic heterocycles. The van der Waals surface area contributed by atoms with Crippen LogP contribution in [-0.2, 0) is 0 Å². The van der Waals surface area contributed by atoms with E-state index in [0.717, 1.165) is 16.8 Å². The van der Waals surface area contributed by atoms with Gasteiger partial charge >= 0.3 is 6.61 Å². The molecule has 0 spiro atoms. The summed E-state index contributed by atoms with van der Waals surface area (Å²) in [6, 6.07) is 12.3. The Labute approximate surface area is 159 Å². The number of nitrogens with zero attached hydrogens (tertiary/aromatic N) is 3. The third-order valence-corrected chi connectivity index (χ3v) is 4.82. The van der Waals surface area contributed by atoms with Crippen molar-refractivity contribution in [2.75, 3.05) is 5.75 Å². The van der Waals surface area contributed by atoms with Gasteiger partial charge in [-0.05, 0) is 37.6 Å². The molecule has 27 heavy (non-hydrogen) atoms. The van der Waals surface area contributed by atoms with E-state index in [-0.39, 0.29) is 22.8 Å². The van der Waals surface area contributed by atoms with Crippen molar-refractivity contribution in [3.8, 4) is 11.4 Å². The number of aromatic nitrogens is 3. The Morgan fingerprint density at radius 2 is 2.00 bits per heavy atom. The van der Waals surface area contributed by atoms with Gasteiger partial charge in [0.25, 0.3) is 0 Å². The molecule has 5 nitrogen and oxygen atoms in total. The zero-order valence-corrected chi connectivity index (χ0v) is 15.5. The van der Waals surface area contributed by atoms with Crippen LogP contribution in [0.1, 0.15) is 21.5 Å². The maximum atomic E-state index is 12.6. The van der Waals surface area contributed by atoms with Crippen LogP contribution in [0.4, 0.5) is 8.78 Å². The van der Waals surface area contributed by atoms with Crippen LogP contribution >= 0.6 is 11.8 Å². The second kappa shape index (κ2) is 8.30. The van der Waals surface area contributed by atoms with Crippen LogP contribution in [0.3, 0.4) is 0 Å². The van der Waals surface area contributed by atoms with Gasteiger partial charge in [0.05, 0.1) is 17.0 Å². The number of aryl methyl sites for hydroxylation is 2. The van der Waals surface area contributed by atoms with Gasteiger partial charge < -0.3 is 4.74 Å². The SMILES string of the molecule is Cc1ccc(OC(F)F)c(C(=O)CSc2nncn2-c2ccccc2C)c1. The van der Waals surface area contributed by atoms with E-state index in [1.54, 1.807) is 30.0 Å². The first kappa shape index (κ1) is 19.0. The zero-order chi connectivity index (χ0) is 19.4. The number of hydrogen-bond acceptors (Lipinski definition) is 5. The minimum absolute atomic E-state index is 0.0215. The van der Waals surface area contributed by atoms with Crippen LogP contribution in [0.25, 0.3) is 5.69 Å². The lowest BCUT2D eigenvalue weighted by Gasteiger charge is -2.11. The van der Waals surface area contributed by atoms with Gasteiger partial charge in [0.15, 0.2) is 10.9 Å². The molecule has 0 bridgehead atoms. The molecule has 0 saturated carbocycles. The van der Waals surface area contributed by atoms with Crippen molar-refractivity contribution in [1.29, 1.82) is 0 Å². The number of carbonyl (C=O) groups excluding carboxylic acids is 1. The largest absolute Gasteiger partial charge is 0.434 e. The molecule has 0 fully saturated rings. The smallest absolute Gasteiger partial charge is 0.387 e. The summed E-state index contributed by atoms with van der Waals surface area (Å²) in [6.45, 7) is 0.761. The average Bonchev–Trinajstić information content (AvgIpc) is 3.09. The first-order valence-electron chi connectivity index (χ1n) is 8.13. The van der Waals surface area contributed by atoms with E-state index >= 15 is 0 Å². The van der Waals surface area contributed by atoms with Crippen LogP contribution < -0.4 is 4.74 Å². The fourth-order valence-corrected chi connectivity index (χ4v) is 3.40. The van der Waals surface area contributed by atoms with Gasteiger partial charge in [0.2, 0.25) is 0 Å². The fourth-order valence-electron chi connectivity index (χ4n) is 2.59. The maximum absolute atomic E-state index is 12.6. The van der Waals surface area contributed by atoms with Gasteiger partial charge in [-0.15, -0.1) is 10.2 Å². The molecule has 0 aliphatic carbocycles. The summed E-state index contributed by atoms with van der Waals surface area (Å²) in [5, 5.41) is 8.52. The van der Waals surface area contributed by atoms with E-state index in [1.807, 2.05) is 31.2 Å². The molecule has 8 heteroatoms. The number of carbonyl (C=O) groups is 1. The number of ether oxygens (including phenoxy) is 1. The fraction of sp³-hybridized carbons (Fsp3) is 0.211. The Bertz CT molecular complexity index is 960. The first-order valence-corrected chi connectivity index (χ1v) is 9.11.